The molecule has 0 radical (unpaired) electrons. The number of rotatable bonds is 8. The van der Waals surface area contributed by atoms with Gasteiger partial charge < -0.3 is 21.7 Å². The number of fused-ring (bicyclic) bond motifs is 2. The Morgan fingerprint density at radius 1 is 0.567 bits per heavy atom. The Hall–Kier alpha value is -7.45. The van der Waals surface area contributed by atoms with Crippen LogP contribution in [0.25, 0.3) is 22.1 Å². The van der Waals surface area contributed by atoms with Gasteiger partial charge in [0.25, 0.3) is 11.1 Å². The predicted octanol–water partition coefficient (Wildman–Crippen LogP) is 7.31. The van der Waals surface area contributed by atoms with Gasteiger partial charge in [0.2, 0.25) is 0 Å². The number of nitrogens with zero attached hydrogens (tertiary/aromatic N) is 6. The molecule has 0 saturated carbocycles. The quantitative estimate of drug-likeness (QED) is 0.0645. The molecule has 6 aromatic heterocycles. The molecule has 0 aliphatic heterocycles. The maximum absolute atomic E-state index is 13.0. The summed E-state index contributed by atoms with van der Waals surface area (Å²) in [5, 5.41) is 14.8. The van der Waals surface area contributed by atoms with E-state index in [0.29, 0.717) is 22.4 Å². The maximum Gasteiger partial charge on any atom is 0.433 e. The van der Waals surface area contributed by atoms with Crippen molar-refractivity contribution in [3.8, 4) is 0 Å². The number of aromatic nitrogens is 8. The Morgan fingerprint density at radius 2 is 1.01 bits per heavy atom. The third-order valence-electron chi connectivity index (χ3n) is 9.06. The number of alkyl halides is 6. The van der Waals surface area contributed by atoms with Gasteiger partial charge in [0.1, 0.15) is 44.8 Å². The number of hydrogen-bond donors (Lipinski definition) is 6. The van der Waals surface area contributed by atoms with Gasteiger partial charge in [-0.3, -0.25) is 29.2 Å². The summed E-state index contributed by atoms with van der Waals surface area (Å²) in [6.07, 6.45) is -6.85. The van der Waals surface area contributed by atoms with Crippen molar-refractivity contribution >= 4 is 93.5 Å². The van der Waals surface area contributed by atoms with Gasteiger partial charge in [0.15, 0.2) is 31.0 Å². The molecule has 0 atom stereocenters. The zero-order chi connectivity index (χ0) is 49.2. The van der Waals surface area contributed by atoms with Gasteiger partial charge in [0.05, 0.1) is 32.5 Å². The number of nitrogen functional groups attached to an aromatic ring is 1. The van der Waals surface area contributed by atoms with E-state index < -0.39 is 49.0 Å². The number of nitrogens with one attached hydrogen (secondary N) is 5. The van der Waals surface area contributed by atoms with E-state index in [1.807, 2.05) is 0 Å². The first-order chi connectivity index (χ1) is 31.2. The molecule has 2 aromatic carbocycles. The van der Waals surface area contributed by atoms with E-state index in [0.717, 1.165) is 24.6 Å². The molecule has 18 nitrogen and oxygen atoms in total. The van der Waals surface area contributed by atoms with Gasteiger partial charge in [-0.15, -0.1) is 0 Å². The molecule has 0 bridgehead atoms. The summed E-state index contributed by atoms with van der Waals surface area (Å²) in [6, 6.07) is 22.2. The first kappa shape index (κ1) is 49.0. The second-order valence-electron chi connectivity index (χ2n) is 14.2. The van der Waals surface area contributed by atoms with Crippen LogP contribution < -0.4 is 32.8 Å². The highest BCUT2D eigenvalue weighted by Crippen LogP contribution is 2.33. The van der Waals surface area contributed by atoms with Crippen LogP contribution in [-0.4, -0.2) is 68.8 Å². The van der Waals surface area contributed by atoms with Gasteiger partial charge in [-0.25, -0.2) is 36.8 Å². The van der Waals surface area contributed by atoms with Crippen LogP contribution >= 0.6 is 11.6 Å². The summed E-state index contributed by atoms with van der Waals surface area (Å²) in [6.45, 7) is 0. The van der Waals surface area contributed by atoms with Crippen LogP contribution in [0.3, 0.4) is 0 Å². The lowest BCUT2D eigenvalue weighted by molar-refractivity contribution is -0.141. The van der Waals surface area contributed by atoms with E-state index in [1.165, 1.54) is 71.0 Å². The molecule has 7 N–H and O–H groups in total. The van der Waals surface area contributed by atoms with Crippen molar-refractivity contribution in [2.24, 2.45) is 14.1 Å². The summed E-state index contributed by atoms with van der Waals surface area (Å²) in [4.78, 5) is 39.9. The highest BCUT2D eigenvalue weighted by atomic mass is 35.5. The van der Waals surface area contributed by atoms with Crippen molar-refractivity contribution in [1.29, 1.82) is 0 Å². The van der Waals surface area contributed by atoms with Crippen molar-refractivity contribution in [2.45, 2.75) is 22.1 Å². The maximum atomic E-state index is 13.0. The Morgan fingerprint density at radius 3 is 1.48 bits per heavy atom. The van der Waals surface area contributed by atoms with Gasteiger partial charge in [0, 0.05) is 32.7 Å². The number of hydrogen-bond acceptors (Lipinski definition) is 14. The van der Waals surface area contributed by atoms with Crippen LogP contribution in [0.1, 0.15) is 11.4 Å². The Kier molecular flexibility index (Phi) is 13.8. The number of benzene rings is 2. The van der Waals surface area contributed by atoms with Crippen molar-refractivity contribution < 1.29 is 43.2 Å². The highest BCUT2D eigenvalue weighted by molar-refractivity contribution is 7.91. The summed E-state index contributed by atoms with van der Waals surface area (Å²) in [7, 11) is -3.98. The van der Waals surface area contributed by atoms with Crippen LogP contribution in [0.2, 0.25) is 5.15 Å². The van der Waals surface area contributed by atoms with Gasteiger partial charge in [-0.05, 0) is 54.6 Å². The number of halogens is 7. The lowest BCUT2D eigenvalue weighted by Gasteiger charge is -2.13. The fourth-order valence-electron chi connectivity index (χ4n) is 6.15. The molecule has 67 heavy (non-hydrogen) atoms. The van der Waals surface area contributed by atoms with Crippen LogP contribution in [0.5, 0.6) is 0 Å². The monoisotopic (exact) mass is 992 g/mol. The number of aromatic amines is 2. The minimum absolute atomic E-state index is 0.0105. The molecule has 27 heteroatoms. The van der Waals surface area contributed by atoms with E-state index in [4.69, 9.17) is 17.3 Å². The topological polar surface area (TPSA) is 258 Å². The standard InChI is InChI=1S/C20H17F3N6O3S.C14H13ClN4O3S.C6H5F3N2/c1-29-19(30)17-12(24-11-6-3-4-7-13(11)33(2,31)32)10-16(27-18(17)28-29)26-15-9-5-8-14(25-15)20(21,22)23;1-19-14(20)12-9(7-11(15)17-13(12)18-19)16-8-5-3-4-6-10(8)23(2,21)22;7-6(8,9)4-2-1-3-5(10)11-4/h3-10H,1-2H3,(H3,24,25,26,27,28);3-7H,1-2H3,(H2,16,17,18);1-3H,(H2,10,11). The van der Waals surface area contributed by atoms with Crippen LogP contribution in [0.15, 0.2) is 116 Å². The molecule has 0 unspecified atom stereocenters. The third-order valence-corrected chi connectivity index (χ3v) is 11.6. The average Bonchev–Trinajstić information content (AvgIpc) is 3.68. The first-order valence-electron chi connectivity index (χ1n) is 18.8. The molecule has 0 aliphatic carbocycles. The van der Waals surface area contributed by atoms with Crippen LogP contribution in [0.4, 0.5) is 66.5 Å². The predicted molar refractivity (Wildman–Crippen MR) is 240 cm³/mol. The van der Waals surface area contributed by atoms with E-state index in [1.54, 1.807) is 37.4 Å². The van der Waals surface area contributed by atoms with Crippen LogP contribution in [0, 0.1) is 0 Å². The summed E-state index contributed by atoms with van der Waals surface area (Å²) in [5.74, 6) is -0.159. The van der Waals surface area contributed by atoms with Crippen molar-refractivity contribution in [3.05, 3.63) is 134 Å². The van der Waals surface area contributed by atoms with Crippen molar-refractivity contribution in [1.82, 2.24) is 39.5 Å². The zero-order valence-corrected chi connectivity index (χ0v) is 37.3. The van der Waals surface area contributed by atoms with E-state index in [-0.39, 0.29) is 60.4 Å². The Balaban J connectivity index is 0.000000188. The normalized spacial score (nSPS) is 11.9. The second-order valence-corrected chi connectivity index (χ2v) is 18.6. The van der Waals surface area contributed by atoms with Crippen molar-refractivity contribution in [3.63, 3.8) is 0 Å². The molecular formula is C40H35ClF6N12O6S2. The molecule has 0 aliphatic rings. The third kappa shape index (κ3) is 11.7. The van der Waals surface area contributed by atoms with Crippen LogP contribution in [-0.2, 0) is 46.1 Å². The van der Waals surface area contributed by atoms with E-state index in [2.05, 4.69) is 46.1 Å². The Labute approximate surface area is 379 Å². The minimum Gasteiger partial charge on any atom is -0.384 e. The SMILES string of the molecule is Cn1[nH]c2nc(Cl)cc(Nc3ccccc3S(C)(=O)=O)c2c1=O.Cn1[nH]c2nc(Nc3cccc(C(F)(F)F)n3)cc(Nc3ccccc3S(C)(=O)=O)c2c1=O.Nc1cccc(C(F)(F)F)n1. The summed E-state index contributed by atoms with van der Waals surface area (Å²) in [5.41, 5.74) is 3.92. The molecule has 0 fully saturated rings. The number of pyridine rings is 4. The van der Waals surface area contributed by atoms with Gasteiger partial charge >= 0.3 is 12.4 Å². The Bertz CT molecular complexity index is 3500. The fraction of sp³-hybridized carbons (Fsp3) is 0.150. The number of sulfone groups is 2. The molecule has 8 aromatic rings. The van der Waals surface area contributed by atoms with Gasteiger partial charge in [-0.2, -0.15) is 26.3 Å². The molecule has 0 spiro atoms. The van der Waals surface area contributed by atoms with E-state index >= 15 is 0 Å². The molecule has 6 heterocycles. The molecule has 8 rings (SSSR count). The number of nitrogens with two attached hydrogens (primary N) is 1. The lowest BCUT2D eigenvalue weighted by Crippen LogP contribution is -2.12. The largest absolute Gasteiger partial charge is 0.433 e. The summed E-state index contributed by atoms with van der Waals surface area (Å²) < 4.78 is 125. The minimum atomic E-state index is -4.62. The second kappa shape index (κ2) is 18.8. The number of anilines is 7. The van der Waals surface area contributed by atoms with E-state index in [9.17, 15) is 52.8 Å². The molecular weight excluding hydrogens is 958 g/mol. The highest BCUT2D eigenvalue weighted by Gasteiger charge is 2.33. The summed E-state index contributed by atoms with van der Waals surface area (Å²) >= 11 is 5.98. The first-order valence-corrected chi connectivity index (χ1v) is 22.9. The smallest absolute Gasteiger partial charge is 0.384 e. The van der Waals surface area contributed by atoms with Gasteiger partial charge in [-0.1, -0.05) is 48.0 Å². The molecule has 352 valence electrons. The fourth-order valence-corrected chi connectivity index (χ4v) is 8.03. The number of aryl methyl sites for hydroxylation is 2. The number of H-pyrrole nitrogens is 2. The zero-order valence-electron chi connectivity index (χ0n) is 34.9. The lowest BCUT2D eigenvalue weighted by atomic mass is 10.2. The molecule has 0 saturated heterocycles. The average molecular weight is 993 g/mol. The number of para-hydroxylation sites is 2. The van der Waals surface area contributed by atoms with Crippen molar-refractivity contribution in [2.75, 3.05) is 34.2 Å². The molecule has 0 amide bonds.